The van der Waals surface area contributed by atoms with Gasteiger partial charge in [0.15, 0.2) is 0 Å². The zero-order chi connectivity index (χ0) is 21.0. The van der Waals surface area contributed by atoms with Gasteiger partial charge in [-0.15, -0.1) is 0 Å². The van der Waals surface area contributed by atoms with E-state index in [4.69, 9.17) is 5.26 Å². The van der Waals surface area contributed by atoms with E-state index >= 15 is 0 Å². The number of hydrogen-bond donors (Lipinski definition) is 1. The van der Waals surface area contributed by atoms with Crippen molar-refractivity contribution >= 4 is 17.3 Å². The molecule has 29 heavy (non-hydrogen) atoms. The maximum absolute atomic E-state index is 13.1. The number of benzene rings is 2. The summed E-state index contributed by atoms with van der Waals surface area (Å²) in [6.07, 6.45) is -4.60. The third-order valence-corrected chi connectivity index (χ3v) is 4.66. The first-order valence-corrected chi connectivity index (χ1v) is 8.90. The molecule has 5 nitrogen and oxygen atoms in total. The minimum absolute atomic E-state index is 0.131. The molecule has 0 radical (unpaired) electrons. The van der Waals surface area contributed by atoms with Gasteiger partial charge in [-0.2, -0.15) is 18.4 Å². The molecule has 1 N–H and O–H groups in total. The molecule has 1 aliphatic rings. The lowest BCUT2D eigenvalue weighted by Crippen LogP contribution is -2.48. The van der Waals surface area contributed by atoms with Crippen LogP contribution in [-0.2, 0) is 11.0 Å². The van der Waals surface area contributed by atoms with Crippen molar-refractivity contribution in [3.8, 4) is 6.07 Å². The number of nitrogens with one attached hydrogen (secondary N) is 1. The summed E-state index contributed by atoms with van der Waals surface area (Å²) < 4.78 is 52.3. The highest BCUT2D eigenvalue weighted by molar-refractivity contribution is 5.92. The topological polar surface area (TPSA) is 59.4 Å². The van der Waals surface area contributed by atoms with E-state index in [9.17, 15) is 22.4 Å². The number of hydrogen-bond acceptors (Lipinski definition) is 4. The Morgan fingerprint density at radius 3 is 2.31 bits per heavy atom. The molecule has 1 heterocycles. The summed E-state index contributed by atoms with van der Waals surface area (Å²) in [5, 5.41) is 11.6. The number of amides is 1. The Bertz CT molecular complexity index is 914. The van der Waals surface area contributed by atoms with Gasteiger partial charge in [-0.05, 0) is 42.5 Å². The van der Waals surface area contributed by atoms with E-state index < -0.39 is 23.1 Å². The summed E-state index contributed by atoms with van der Waals surface area (Å²) >= 11 is 0. The van der Waals surface area contributed by atoms with Crippen LogP contribution in [0.2, 0.25) is 0 Å². The number of nitrogens with zero attached hydrogens (tertiary/aromatic N) is 3. The van der Waals surface area contributed by atoms with E-state index in [1.807, 2.05) is 4.90 Å². The van der Waals surface area contributed by atoms with Crippen LogP contribution in [-0.4, -0.2) is 43.5 Å². The molecule has 9 heteroatoms. The van der Waals surface area contributed by atoms with Crippen LogP contribution in [0.5, 0.6) is 0 Å². The van der Waals surface area contributed by atoms with Crippen LogP contribution in [0, 0.1) is 17.1 Å². The normalized spacial score (nSPS) is 15.1. The Kier molecular flexibility index (Phi) is 6.03. The molecule has 1 fully saturated rings. The van der Waals surface area contributed by atoms with Crippen LogP contribution < -0.4 is 10.2 Å². The maximum atomic E-state index is 13.1. The second-order valence-electron chi connectivity index (χ2n) is 6.66. The molecule has 2 aromatic carbocycles. The molecule has 2 aromatic rings. The van der Waals surface area contributed by atoms with Crippen molar-refractivity contribution in [2.45, 2.75) is 6.18 Å². The van der Waals surface area contributed by atoms with Gasteiger partial charge in [0, 0.05) is 37.6 Å². The molecule has 1 aliphatic heterocycles. The SMILES string of the molecule is N#Cc1ccc(N2CCN(CC(=O)Nc3ccc(F)cc3)CC2)cc1C(F)(F)F. The molecule has 0 saturated carbocycles. The fourth-order valence-corrected chi connectivity index (χ4v) is 3.16. The van der Waals surface area contributed by atoms with Crippen LogP contribution in [0.25, 0.3) is 0 Å². The number of carbonyl (C=O) groups excluding carboxylic acids is 1. The van der Waals surface area contributed by atoms with Crippen molar-refractivity contribution in [3.05, 3.63) is 59.4 Å². The maximum Gasteiger partial charge on any atom is 0.417 e. The lowest BCUT2D eigenvalue weighted by molar-refractivity contribution is -0.137. The highest BCUT2D eigenvalue weighted by Gasteiger charge is 2.34. The predicted octanol–water partition coefficient (Wildman–Crippen LogP) is 3.48. The standard InChI is InChI=1S/C20H18F4N4O/c21-15-2-4-16(5-3-15)26-19(29)13-27-7-9-28(10-8-27)17-6-1-14(12-25)18(11-17)20(22,23)24/h1-6,11H,7-10,13H2,(H,26,29). The first-order valence-electron chi connectivity index (χ1n) is 8.90. The summed E-state index contributed by atoms with van der Waals surface area (Å²) in [6.45, 7) is 2.03. The second-order valence-corrected chi connectivity index (χ2v) is 6.66. The number of nitriles is 1. The average molecular weight is 406 g/mol. The zero-order valence-corrected chi connectivity index (χ0v) is 15.3. The van der Waals surface area contributed by atoms with Gasteiger partial charge in [-0.1, -0.05) is 0 Å². The summed E-state index contributed by atoms with van der Waals surface area (Å²) in [5.41, 5.74) is -0.463. The minimum Gasteiger partial charge on any atom is -0.369 e. The van der Waals surface area contributed by atoms with E-state index in [1.54, 1.807) is 11.0 Å². The van der Waals surface area contributed by atoms with E-state index in [-0.39, 0.29) is 12.5 Å². The molecular formula is C20H18F4N4O. The smallest absolute Gasteiger partial charge is 0.369 e. The second kappa shape index (κ2) is 8.49. The Balaban J connectivity index is 1.57. The lowest BCUT2D eigenvalue weighted by atomic mass is 10.1. The van der Waals surface area contributed by atoms with Crippen molar-refractivity contribution in [2.75, 3.05) is 42.9 Å². The van der Waals surface area contributed by atoms with Crippen LogP contribution >= 0.6 is 0 Å². The van der Waals surface area contributed by atoms with Crippen molar-refractivity contribution in [2.24, 2.45) is 0 Å². The summed E-state index contributed by atoms with van der Waals surface area (Å²) in [5.74, 6) is -0.640. The first kappa shape index (κ1) is 20.6. The Morgan fingerprint density at radius 2 is 1.72 bits per heavy atom. The molecule has 1 saturated heterocycles. The van der Waals surface area contributed by atoms with Gasteiger partial charge < -0.3 is 10.2 Å². The van der Waals surface area contributed by atoms with Gasteiger partial charge in [0.1, 0.15) is 5.82 Å². The van der Waals surface area contributed by atoms with Crippen molar-refractivity contribution in [1.29, 1.82) is 5.26 Å². The van der Waals surface area contributed by atoms with Crippen LogP contribution in [0.1, 0.15) is 11.1 Å². The van der Waals surface area contributed by atoms with E-state index in [0.717, 1.165) is 6.07 Å². The van der Waals surface area contributed by atoms with Crippen LogP contribution in [0.4, 0.5) is 28.9 Å². The number of piperazine rings is 1. The predicted molar refractivity (Wildman–Crippen MR) is 99.8 cm³/mol. The highest BCUT2D eigenvalue weighted by Crippen LogP contribution is 2.34. The molecule has 0 spiro atoms. The molecule has 3 rings (SSSR count). The van der Waals surface area contributed by atoms with Crippen LogP contribution in [0.15, 0.2) is 42.5 Å². The Hall–Kier alpha value is -3.12. The average Bonchev–Trinajstić information content (AvgIpc) is 2.69. The van der Waals surface area contributed by atoms with Crippen molar-refractivity contribution in [1.82, 2.24) is 4.90 Å². The molecule has 0 aromatic heterocycles. The number of carbonyl (C=O) groups is 1. The van der Waals surface area contributed by atoms with Crippen LogP contribution in [0.3, 0.4) is 0 Å². The van der Waals surface area contributed by atoms with Gasteiger partial charge in [-0.3, -0.25) is 9.69 Å². The van der Waals surface area contributed by atoms with Gasteiger partial charge in [0.2, 0.25) is 5.91 Å². The van der Waals surface area contributed by atoms with Gasteiger partial charge in [0.05, 0.1) is 23.7 Å². The van der Waals surface area contributed by atoms with E-state index in [2.05, 4.69) is 5.32 Å². The van der Waals surface area contributed by atoms with Crippen molar-refractivity contribution in [3.63, 3.8) is 0 Å². The molecule has 0 unspecified atom stereocenters. The Morgan fingerprint density at radius 1 is 1.07 bits per heavy atom. The Labute approximate surface area is 165 Å². The summed E-state index contributed by atoms with van der Waals surface area (Å²) in [4.78, 5) is 15.8. The summed E-state index contributed by atoms with van der Waals surface area (Å²) in [7, 11) is 0. The number of halogens is 4. The van der Waals surface area contributed by atoms with Crippen molar-refractivity contribution < 1.29 is 22.4 Å². The van der Waals surface area contributed by atoms with E-state index in [0.29, 0.717) is 37.6 Å². The third kappa shape index (κ3) is 5.23. The highest BCUT2D eigenvalue weighted by atomic mass is 19.4. The minimum atomic E-state index is -4.60. The quantitative estimate of drug-likeness (QED) is 0.790. The molecule has 152 valence electrons. The lowest BCUT2D eigenvalue weighted by Gasteiger charge is -2.36. The fraction of sp³-hybridized carbons (Fsp3) is 0.300. The molecule has 0 bridgehead atoms. The zero-order valence-electron chi connectivity index (χ0n) is 15.3. The fourth-order valence-electron chi connectivity index (χ4n) is 3.16. The van der Waals surface area contributed by atoms with Gasteiger partial charge in [0.25, 0.3) is 0 Å². The number of alkyl halides is 3. The largest absolute Gasteiger partial charge is 0.417 e. The number of anilines is 2. The molecular weight excluding hydrogens is 388 g/mol. The van der Waals surface area contributed by atoms with Gasteiger partial charge in [-0.25, -0.2) is 4.39 Å². The first-order chi connectivity index (χ1) is 13.8. The monoisotopic (exact) mass is 406 g/mol. The number of rotatable bonds is 4. The summed E-state index contributed by atoms with van der Waals surface area (Å²) in [6, 6.07) is 10.7. The van der Waals surface area contributed by atoms with E-state index in [1.165, 1.54) is 36.4 Å². The molecule has 0 aliphatic carbocycles. The molecule has 1 amide bonds. The molecule has 0 atom stereocenters. The third-order valence-electron chi connectivity index (χ3n) is 4.66. The van der Waals surface area contributed by atoms with Gasteiger partial charge >= 0.3 is 6.18 Å².